The Hall–Kier alpha value is -3.81. The van der Waals surface area contributed by atoms with E-state index in [2.05, 4.69) is 15.3 Å². The third kappa shape index (κ3) is 2.64. The lowest BCUT2D eigenvalue weighted by Gasteiger charge is -2.15. The summed E-state index contributed by atoms with van der Waals surface area (Å²) in [6.07, 6.45) is 3.27. The Morgan fingerprint density at radius 1 is 1.03 bits per heavy atom. The van der Waals surface area contributed by atoms with E-state index in [0.717, 1.165) is 11.0 Å². The van der Waals surface area contributed by atoms with Crippen molar-refractivity contribution < 1.29 is 4.39 Å². The summed E-state index contributed by atoms with van der Waals surface area (Å²) < 4.78 is 18.5. The van der Waals surface area contributed by atoms with Crippen molar-refractivity contribution in [3.8, 4) is 17.1 Å². The van der Waals surface area contributed by atoms with Gasteiger partial charge in [0, 0.05) is 6.04 Å². The highest BCUT2D eigenvalue weighted by Gasteiger charge is 2.20. The van der Waals surface area contributed by atoms with E-state index in [9.17, 15) is 9.18 Å². The number of benzene rings is 2. The van der Waals surface area contributed by atoms with Crippen molar-refractivity contribution in [3.05, 3.63) is 77.2 Å². The normalized spacial score (nSPS) is 11.7. The van der Waals surface area contributed by atoms with Gasteiger partial charge in [-0.25, -0.2) is 14.1 Å². The lowest BCUT2D eigenvalue weighted by molar-refractivity contribution is 0.601. The first-order valence-electron chi connectivity index (χ1n) is 9.23. The number of imidazole rings is 1. The van der Waals surface area contributed by atoms with Crippen LogP contribution in [-0.4, -0.2) is 28.9 Å². The zero-order chi connectivity index (χ0) is 20.1. The highest BCUT2D eigenvalue weighted by atomic mass is 19.1. The third-order valence-corrected chi connectivity index (χ3v) is 4.91. The molecule has 3 aromatic heterocycles. The highest BCUT2D eigenvalue weighted by molar-refractivity contribution is 5.84. The molecule has 5 aromatic rings. The Balaban J connectivity index is 1.77. The third-order valence-electron chi connectivity index (χ3n) is 4.91. The van der Waals surface area contributed by atoms with Crippen LogP contribution in [0.3, 0.4) is 0 Å². The molecule has 2 aromatic carbocycles. The quantitative estimate of drug-likeness (QED) is 0.473. The van der Waals surface area contributed by atoms with Gasteiger partial charge in [-0.1, -0.05) is 23.4 Å². The fourth-order valence-corrected chi connectivity index (χ4v) is 3.65. The van der Waals surface area contributed by atoms with E-state index in [0.29, 0.717) is 22.6 Å². The molecule has 0 saturated carbocycles. The number of fused-ring (bicyclic) bond motifs is 3. The predicted molar refractivity (Wildman–Crippen MR) is 108 cm³/mol. The average Bonchev–Trinajstić information content (AvgIpc) is 3.35. The molecule has 0 unspecified atom stereocenters. The van der Waals surface area contributed by atoms with Crippen molar-refractivity contribution in [2.45, 2.75) is 19.9 Å². The Bertz CT molecular complexity index is 1430. The van der Waals surface area contributed by atoms with Gasteiger partial charge in [-0.15, -0.1) is 5.10 Å². The summed E-state index contributed by atoms with van der Waals surface area (Å²) in [5.74, 6) is -0.363. The number of aromatic nitrogens is 6. The molecule has 0 saturated heterocycles. The van der Waals surface area contributed by atoms with E-state index in [-0.39, 0.29) is 17.4 Å². The van der Waals surface area contributed by atoms with Gasteiger partial charge in [0.25, 0.3) is 5.56 Å². The second kappa shape index (κ2) is 6.37. The molecule has 5 rings (SSSR count). The Kier molecular flexibility index (Phi) is 3.80. The maximum atomic E-state index is 13.5. The maximum Gasteiger partial charge on any atom is 0.277 e. The second-order valence-corrected chi connectivity index (χ2v) is 7.10. The number of hydrogen-bond donors (Lipinski definition) is 0. The molecule has 8 heteroatoms. The highest BCUT2D eigenvalue weighted by Crippen LogP contribution is 2.24. The molecule has 0 bridgehead atoms. The molecule has 0 aliphatic rings. The molecule has 0 amide bonds. The first-order chi connectivity index (χ1) is 14.0. The number of rotatable bonds is 3. The van der Waals surface area contributed by atoms with Crippen LogP contribution in [0.4, 0.5) is 4.39 Å². The number of nitrogens with zero attached hydrogens (tertiary/aromatic N) is 6. The standard InChI is InChI=1S/C21H17FN6O/c1-13(2)28-18-9-4-3-8-17(18)26-12-23-19(20(26)21(28)29)16-11-27(25-24-16)15-7-5-6-14(22)10-15/h3-13H,1-2H3. The molecule has 7 nitrogen and oxygen atoms in total. The Morgan fingerprint density at radius 2 is 1.83 bits per heavy atom. The molecule has 0 radical (unpaired) electrons. The van der Waals surface area contributed by atoms with Gasteiger partial charge in [-0.2, -0.15) is 0 Å². The largest absolute Gasteiger partial charge is 0.302 e. The fraction of sp³-hybridized carbons (Fsp3) is 0.143. The molecular weight excluding hydrogens is 371 g/mol. The van der Waals surface area contributed by atoms with Gasteiger partial charge in [-0.05, 0) is 44.2 Å². The molecule has 0 spiro atoms. The van der Waals surface area contributed by atoms with E-state index < -0.39 is 0 Å². The summed E-state index contributed by atoms with van der Waals surface area (Å²) in [4.78, 5) is 17.8. The van der Waals surface area contributed by atoms with Crippen LogP contribution in [0.1, 0.15) is 19.9 Å². The minimum Gasteiger partial charge on any atom is -0.302 e. The van der Waals surface area contributed by atoms with Crippen molar-refractivity contribution >= 4 is 16.6 Å². The van der Waals surface area contributed by atoms with Crippen molar-refractivity contribution in [3.63, 3.8) is 0 Å². The van der Waals surface area contributed by atoms with Crippen LogP contribution in [-0.2, 0) is 0 Å². The lowest BCUT2D eigenvalue weighted by atomic mass is 10.2. The minimum atomic E-state index is -0.363. The molecule has 0 N–H and O–H groups in total. The predicted octanol–water partition coefficient (Wildman–Crippen LogP) is 3.62. The molecule has 144 valence electrons. The SMILES string of the molecule is CC(C)n1c(=O)c2c(-c3cn(-c4cccc(F)c4)nn3)ncn2c2ccccc21. The van der Waals surface area contributed by atoms with Crippen LogP contribution in [0.5, 0.6) is 0 Å². The molecule has 0 aliphatic heterocycles. The zero-order valence-corrected chi connectivity index (χ0v) is 15.8. The van der Waals surface area contributed by atoms with E-state index in [4.69, 9.17) is 0 Å². The van der Waals surface area contributed by atoms with E-state index >= 15 is 0 Å². The van der Waals surface area contributed by atoms with Crippen molar-refractivity contribution in [1.29, 1.82) is 0 Å². The summed E-state index contributed by atoms with van der Waals surface area (Å²) in [6, 6.07) is 13.8. The van der Waals surface area contributed by atoms with Gasteiger partial charge < -0.3 is 4.57 Å². The van der Waals surface area contributed by atoms with Crippen LogP contribution >= 0.6 is 0 Å². The summed E-state index contributed by atoms with van der Waals surface area (Å²) in [7, 11) is 0. The lowest BCUT2D eigenvalue weighted by Crippen LogP contribution is -2.24. The van der Waals surface area contributed by atoms with E-state index in [1.54, 1.807) is 33.6 Å². The van der Waals surface area contributed by atoms with Crippen LogP contribution in [0.15, 0.2) is 65.8 Å². The summed E-state index contributed by atoms with van der Waals surface area (Å²) in [5.41, 5.74) is 3.43. The van der Waals surface area contributed by atoms with Gasteiger partial charge in [0.2, 0.25) is 0 Å². The minimum absolute atomic E-state index is 0.0249. The van der Waals surface area contributed by atoms with Crippen LogP contribution in [0.25, 0.3) is 33.6 Å². The van der Waals surface area contributed by atoms with Gasteiger partial charge >= 0.3 is 0 Å². The fourth-order valence-electron chi connectivity index (χ4n) is 3.65. The summed E-state index contributed by atoms with van der Waals surface area (Å²) in [5, 5.41) is 8.26. The molecule has 0 aliphatic carbocycles. The van der Waals surface area contributed by atoms with Gasteiger partial charge in [0.05, 0.1) is 22.9 Å². The Labute approximate surface area is 164 Å². The maximum absolute atomic E-state index is 13.5. The molecule has 0 fully saturated rings. The van der Waals surface area contributed by atoms with Gasteiger partial charge in [-0.3, -0.25) is 9.20 Å². The average molecular weight is 388 g/mol. The number of halogens is 1. The number of para-hydroxylation sites is 2. The molecule has 29 heavy (non-hydrogen) atoms. The topological polar surface area (TPSA) is 70.0 Å². The van der Waals surface area contributed by atoms with E-state index in [1.807, 2.05) is 38.1 Å². The monoisotopic (exact) mass is 388 g/mol. The van der Waals surface area contributed by atoms with Gasteiger partial charge in [0.15, 0.2) is 0 Å². The molecule has 3 heterocycles. The smallest absolute Gasteiger partial charge is 0.277 e. The van der Waals surface area contributed by atoms with Crippen molar-refractivity contribution in [2.24, 2.45) is 0 Å². The molecular formula is C21H17FN6O. The van der Waals surface area contributed by atoms with Crippen LogP contribution < -0.4 is 5.56 Å². The number of hydrogen-bond acceptors (Lipinski definition) is 4. The van der Waals surface area contributed by atoms with Crippen molar-refractivity contribution in [1.82, 2.24) is 28.9 Å². The first-order valence-corrected chi connectivity index (χ1v) is 9.23. The van der Waals surface area contributed by atoms with E-state index in [1.165, 1.54) is 16.8 Å². The molecule has 0 atom stereocenters. The Morgan fingerprint density at radius 3 is 2.59 bits per heavy atom. The second-order valence-electron chi connectivity index (χ2n) is 7.10. The van der Waals surface area contributed by atoms with Crippen molar-refractivity contribution in [2.75, 3.05) is 0 Å². The first kappa shape index (κ1) is 17.3. The summed E-state index contributed by atoms with van der Waals surface area (Å²) >= 11 is 0. The zero-order valence-electron chi connectivity index (χ0n) is 15.8. The van der Waals surface area contributed by atoms with Crippen LogP contribution in [0, 0.1) is 5.82 Å². The summed E-state index contributed by atoms with van der Waals surface area (Å²) in [6.45, 7) is 3.95. The van der Waals surface area contributed by atoms with Crippen LogP contribution in [0.2, 0.25) is 0 Å². The van der Waals surface area contributed by atoms with Gasteiger partial charge in [0.1, 0.15) is 29.0 Å².